The van der Waals surface area contributed by atoms with E-state index in [1.165, 1.54) is 6.21 Å². The number of aliphatic imine (C=N–C) groups is 2. The van der Waals surface area contributed by atoms with Crippen LogP contribution in [0.1, 0.15) is 12.0 Å². The van der Waals surface area contributed by atoms with Crippen molar-refractivity contribution >= 4 is 29.8 Å². The molecule has 3 nitrogen and oxygen atoms in total. The van der Waals surface area contributed by atoms with Gasteiger partial charge in [-0.15, -0.1) is 0 Å². The van der Waals surface area contributed by atoms with Gasteiger partial charge in [-0.1, -0.05) is 23.7 Å². The second kappa shape index (κ2) is 4.50. The molecule has 18 heavy (non-hydrogen) atoms. The summed E-state index contributed by atoms with van der Waals surface area (Å²) in [5.74, 6) is -0.00940. The Labute approximate surface area is 110 Å². The molecule has 0 aromatic heterocycles. The van der Waals surface area contributed by atoms with Crippen LogP contribution in [0.15, 0.2) is 45.5 Å². The number of carbonyl (C=O) groups is 1. The van der Waals surface area contributed by atoms with Gasteiger partial charge in [-0.2, -0.15) is 0 Å². The van der Waals surface area contributed by atoms with E-state index in [1.54, 1.807) is 6.21 Å². The zero-order valence-electron chi connectivity index (χ0n) is 9.64. The smallest absolute Gasteiger partial charge is 0.201 e. The van der Waals surface area contributed by atoms with Crippen LogP contribution in [0.3, 0.4) is 0 Å². The number of rotatable bonds is 2. The maximum atomic E-state index is 11.6. The number of ketones is 1. The number of dihydropyridines is 1. The molecule has 2 heterocycles. The molecule has 0 fully saturated rings. The van der Waals surface area contributed by atoms with E-state index in [-0.39, 0.29) is 11.8 Å². The van der Waals surface area contributed by atoms with Gasteiger partial charge in [0.1, 0.15) is 0 Å². The van der Waals surface area contributed by atoms with Crippen molar-refractivity contribution in [3.05, 3.63) is 46.1 Å². The lowest BCUT2D eigenvalue weighted by atomic mass is 9.96. The SMILES string of the molecule is O=C1C=NC(Cc2cccc(Cl)c2)C2=C1CC=N2. The molecule has 1 atom stereocenters. The zero-order valence-corrected chi connectivity index (χ0v) is 10.4. The quantitative estimate of drug-likeness (QED) is 0.804. The average Bonchev–Trinajstić information content (AvgIpc) is 2.83. The fourth-order valence-corrected chi connectivity index (χ4v) is 2.49. The van der Waals surface area contributed by atoms with Crippen LogP contribution in [0.4, 0.5) is 0 Å². The van der Waals surface area contributed by atoms with Gasteiger partial charge in [0.2, 0.25) is 5.78 Å². The molecule has 0 amide bonds. The minimum absolute atomic E-state index is 0.00940. The van der Waals surface area contributed by atoms with Gasteiger partial charge in [0.15, 0.2) is 0 Å². The lowest BCUT2D eigenvalue weighted by Crippen LogP contribution is -2.21. The van der Waals surface area contributed by atoms with E-state index in [1.807, 2.05) is 24.3 Å². The fourth-order valence-electron chi connectivity index (χ4n) is 2.27. The standard InChI is InChI=1S/C14H11ClN2O/c15-10-3-1-2-9(6-10)7-12-14-11(4-5-16-14)13(18)8-17-12/h1-3,5-6,8,12H,4,7H2. The minimum atomic E-state index is -0.0603. The number of benzene rings is 1. The predicted molar refractivity (Wildman–Crippen MR) is 72.6 cm³/mol. The van der Waals surface area contributed by atoms with Crippen LogP contribution >= 0.6 is 11.6 Å². The predicted octanol–water partition coefficient (Wildman–Crippen LogP) is 2.63. The van der Waals surface area contributed by atoms with Crippen molar-refractivity contribution < 1.29 is 4.79 Å². The van der Waals surface area contributed by atoms with Crippen LogP contribution in [0.2, 0.25) is 5.02 Å². The summed E-state index contributed by atoms with van der Waals surface area (Å²) < 4.78 is 0. The van der Waals surface area contributed by atoms with E-state index < -0.39 is 0 Å². The third-order valence-electron chi connectivity index (χ3n) is 3.14. The van der Waals surface area contributed by atoms with Crippen molar-refractivity contribution in [2.75, 3.05) is 0 Å². The number of nitrogens with zero attached hydrogens (tertiary/aromatic N) is 2. The molecule has 1 aromatic carbocycles. The fraction of sp³-hybridized carbons (Fsp3) is 0.214. The van der Waals surface area contributed by atoms with Crippen molar-refractivity contribution in [2.24, 2.45) is 9.98 Å². The topological polar surface area (TPSA) is 41.8 Å². The van der Waals surface area contributed by atoms with Crippen molar-refractivity contribution in [2.45, 2.75) is 18.9 Å². The molecule has 1 aromatic rings. The monoisotopic (exact) mass is 258 g/mol. The molecule has 4 heteroatoms. The molecule has 0 saturated carbocycles. The second-order valence-electron chi connectivity index (χ2n) is 4.37. The van der Waals surface area contributed by atoms with Crippen molar-refractivity contribution in [3.63, 3.8) is 0 Å². The van der Waals surface area contributed by atoms with Gasteiger partial charge in [-0.05, 0) is 17.7 Å². The normalized spacial score (nSPS) is 21.6. The number of hydrogen-bond donors (Lipinski definition) is 0. The lowest BCUT2D eigenvalue weighted by Gasteiger charge is -2.17. The third-order valence-corrected chi connectivity index (χ3v) is 3.37. The Morgan fingerprint density at radius 1 is 1.39 bits per heavy atom. The molecule has 0 N–H and O–H groups in total. The first-order chi connectivity index (χ1) is 8.74. The van der Waals surface area contributed by atoms with E-state index in [0.717, 1.165) is 23.3 Å². The summed E-state index contributed by atoms with van der Waals surface area (Å²) in [5, 5.41) is 0.715. The van der Waals surface area contributed by atoms with Crippen molar-refractivity contribution in [1.82, 2.24) is 0 Å². The molecule has 3 rings (SSSR count). The van der Waals surface area contributed by atoms with E-state index in [9.17, 15) is 4.79 Å². The van der Waals surface area contributed by atoms with Gasteiger partial charge in [0.05, 0.1) is 18.0 Å². The Morgan fingerprint density at radius 3 is 3.11 bits per heavy atom. The molecular weight excluding hydrogens is 248 g/mol. The summed E-state index contributed by atoms with van der Waals surface area (Å²) in [6, 6.07) is 7.64. The lowest BCUT2D eigenvalue weighted by molar-refractivity contribution is -0.109. The Bertz CT molecular complexity index is 602. The second-order valence-corrected chi connectivity index (χ2v) is 4.81. The largest absolute Gasteiger partial charge is 0.288 e. The third kappa shape index (κ3) is 2.02. The van der Waals surface area contributed by atoms with E-state index in [2.05, 4.69) is 9.98 Å². The van der Waals surface area contributed by atoms with Crippen LogP contribution in [0, 0.1) is 0 Å². The maximum Gasteiger partial charge on any atom is 0.201 e. The summed E-state index contributed by atoms with van der Waals surface area (Å²) >= 11 is 5.96. The first-order valence-corrected chi connectivity index (χ1v) is 6.19. The van der Waals surface area contributed by atoms with Crippen LogP contribution < -0.4 is 0 Å². The van der Waals surface area contributed by atoms with Crippen LogP contribution in [-0.4, -0.2) is 24.3 Å². The molecule has 0 bridgehead atoms. The molecule has 0 spiro atoms. The summed E-state index contributed by atoms with van der Waals surface area (Å²) in [6.07, 6.45) is 4.55. The van der Waals surface area contributed by atoms with Crippen LogP contribution in [-0.2, 0) is 11.2 Å². The Kier molecular flexibility index (Phi) is 2.84. The number of allylic oxidation sites excluding steroid dienone is 1. The zero-order chi connectivity index (χ0) is 12.5. The Morgan fingerprint density at radius 2 is 2.28 bits per heavy atom. The molecule has 0 aliphatic carbocycles. The van der Waals surface area contributed by atoms with Gasteiger partial charge in [-0.25, -0.2) is 0 Å². The van der Waals surface area contributed by atoms with E-state index >= 15 is 0 Å². The van der Waals surface area contributed by atoms with Gasteiger partial charge >= 0.3 is 0 Å². The highest BCUT2D eigenvalue weighted by molar-refractivity contribution is 6.37. The first-order valence-electron chi connectivity index (χ1n) is 5.81. The minimum Gasteiger partial charge on any atom is -0.288 e. The molecule has 0 radical (unpaired) electrons. The van der Waals surface area contributed by atoms with Gasteiger partial charge in [-0.3, -0.25) is 14.8 Å². The van der Waals surface area contributed by atoms with Crippen LogP contribution in [0.5, 0.6) is 0 Å². The molecular formula is C14H11ClN2O. The molecule has 2 aliphatic rings. The van der Waals surface area contributed by atoms with E-state index in [0.29, 0.717) is 11.4 Å². The molecule has 2 aliphatic heterocycles. The Balaban J connectivity index is 1.87. The number of hydrogen-bond acceptors (Lipinski definition) is 3. The molecule has 0 saturated heterocycles. The highest BCUT2D eigenvalue weighted by Crippen LogP contribution is 2.27. The highest BCUT2D eigenvalue weighted by atomic mass is 35.5. The summed E-state index contributed by atoms with van der Waals surface area (Å²) in [5.41, 5.74) is 2.72. The molecule has 1 unspecified atom stereocenters. The van der Waals surface area contributed by atoms with Gasteiger partial charge in [0, 0.05) is 29.7 Å². The highest BCUT2D eigenvalue weighted by Gasteiger charge is 2.27. The van der Waals surface area contributed by atoms with Gasteiger partial charge in [0.25, 0.3) is 0 Å². The van der Waals surface area contributed by atoms with Crippen LogP contribution in [0.25, 0.3) is 0 Å². The van der Waals surface area contributed by atoms with Gasteiger partial charge < -0.3 is 0 Å². The number of halogens is 1. The Hall–Kier alpha value is -1.74. The summed E-state index contributed by atoms with van der Waals surface area (Å²) in [4.78, 5) is 20.2. The maximum absolute atomic E-state index is 11.6. The van der Waals surface area contributed by atoms with Crippen molar-refractivity contribution in [1.29, 1.82) is 0 Å². The number of Topliss-reactive ketones (excluding diaryl/α,β-unsaturated/α-hetero) is 1. The first kappa shape index (κ1) is 11.4. The summed E-state index contributed by atoms with van der Waals surface area (Å²) in [6.45, 7) is 0. The molecule has 90 valence electrons. The summed E-state index contributed by atoms with van der Waals surface area (Å²) in [7, 11) is 0. The van der Waals surface area contributed by atoms with Crippen molar-refractivity contribution in [3.8, 4) is 0 Å². The van der Waals surface area contributed by atoms with E-state index in [4.69, 9.17) is 11.6 Å². The number of carbonyl (C=O) groups excluding carboxylic acids is 1. The average molecular weight is 259 g/mol.